The summed E-state index contributed by atoms with van der Waals surface area (Å²) in [6.07, 6.45) is 4.97. The molecule has 0 aromatic heterocycles. The van der Waals surface area contributed by atoms with E-state index < -0.39 is 0 Å². The maximum absolute atomic E-state index is 11.8. The Bertz CT molecular complexity index is 522. The molecule has 26 heavy (non-hydrogen) atoms. The third-order valence-corrected chi connectivity index (χ3v) is 4.49. The van der Waals surface area contributed by atoms with E-state index in [2.05, 4.69) is 5.32 Å². The average molecular weight is 368 g/mol. The third-order valence-electron chi connectivity index (χ3n) is 4.49. The highest BCUT2D eigenvalue weighted by molar-refractivity contribution is 6.13. The Kier molecular flexibility index (Phi) is 8.43. The molecule has 0 aromatic carbocycles. The number of carbonyl (C=O) groups is 3. The number of hydrogen-bond acceptors (Lipinski definition) is 5. The maximum atomic E-state index is 11.8. The van der Waals surface area contributed by atoms with E-state index in [0.29, 0.717) is 13.2 Å². The monoisotopic (exact) mass is 368 g/mol. The smallest absolute Gasteiger partial charge is 0.253 e. The summed E-state index contributed by atoms with van der Waals surface area (Å²) in [5.74, 6) is -0.894. The molecule has 1 heterocycles. The van der Waals surface area contributed by atoms with E-state index in [9.17, 15) is 14.4 Å². The lowest BCUT2D eigenvalue weighted by Crippen LogP contribution is -2.35. The molecular weight excluding hydrogens is 336 g/mol. The molecule has 0 unspecified atom stereocenters. The van der Waals surface area contributed by atoms with Gasteiger partial charge in [0.25, 0.3) is 11.8 Å². The van der Waals surface area contributed by atoms with Gasteiger partial charge in [-0.1, -0.05) is 0 Å². The highest BCUT2D eigenvalue weighted by atomic mass is 16.5. The maximum Gasteiger partial charge on any atom is 0.253 e. The van der Waals surface area contributed by atoms with Crippen LogP contribution in [0.25, 0.3) is 0 Å². The van der Waals surface area contributed by atoms with Gasteiger partial charge in [-0.05, 0) is 47.0 Å². The molecular formula is C19H32N2O5. The van der Waals surface area contributed by atoms with E-state index in [4.69, 9.17) is 9.47 Å². The van der Waals surface area contributed by atoms with Crippen LogP contribution in [-0.2, 0) is 23.9 Å². The molecule has 7 nitrogen and oxygen atoms in total. The van der Waals surface area contributed by atoms with Gasteiger partial charge in [0.1, 0.15) is 0 Å². The lowest BCUT2D eigenvalue weighted by molar-refractivity contribution is -0.137. The van der Waals surface area contributed by atoms with Gasteiger partial charge in [0, 0.05) is 38.8 Å². The number of imide groups is 1. The van der Waals surface area contributed by atoms with Crippen molar-refractivity contribution in [3.8, 4) is 0 Å². The lowest BCUT2D eigenvalue weighted by Gasteiger charge is -2.29. The third kappa shape index (κ3) is 8.10. The molecule has 0 aliphatic carbocycles. The van der Waals surface area contributed by atoms with E-state index in [1.807, 2.05) is 27.7 Å². The van der Waals surface area contributed by atoms with Crippen LogP contribution in [0, 0.1) is 0 Å². The minimum atomic E-state index is -0.363. The summed E-state index contributed by atoms with van der Waals surface area (Å²) in [4.78, 5) is 35.7. The number of nitrogens with one attached hydrogen (secondary N) is 1. The van der Waals surface area contributed by atoms with Crippen LogP contribution in [0.1, 0.15) is 53.4 Å². The molecule has 7 heteroatoms. The van der Waals surface area contributed by atoms with Gasteiger partial charge in [-0.15, -0.1) is 0 Å². The average Bonchev–Trinajstić information content (AvgIpc) is 2.87. The molecule has 1 N–H and O–H groups in total. The summed E-state index contributed by atoms with van der Waals surface area (Å²) in [7, 11) is 1.69. The highest BCUT2D eigenvalue weighted by Gasteiger charge is 2.24. The van der Waals surface area contributed by atoms with Gasteiger partial charge in [-0.2, -0.15) is 0 Å². The summed E-state index contributed by atoms with van der Waals surface area (Å²) in [6, 6.07) is 0. The Morgan fingerprint density at radius 2 is 1.69 bits per heavy atom. The van der Waals surface area contributed by atoms with Crippen LogP contribution in [0.5, 0.6) is 0 Å². The van der Waals surface area contributed by atoms with Crippen molar-refractivity contribution in [1.82, 2.24) is 10.2 Å². The fourth-order valence-corrected chi connectivity index (χ4v) is 2.44. The van der Waals surface area contributed by atoms with Crippen molar-refractivity contribution in [3.63, 3.8) is 0 Å². The second kappa shape index (κ2) is 9.83. The zero-order valence-corrected chi connectivity index (χ0v) is 16.6. The van der Waals surface area contributed by atoms with Crippen molar-refractivity contribution >= 4 is 17.7 Å². The fraction of sp³-hybridized carbons (Fsp3) is 0.737. The van der Waals surface area contributed by atoms with E-state index in [1.165, 1.54) is 12.2 Å². The summed E-state index contributed by atoms with van der Waals surface area (Å²) < 4.78 is 11.3. The molecule has 0 spiro atoms. The van der Waals surface area contributed by atoms with E-state index in [0.717, 1.165) is 24.2 Å². The first-order chi connectivity index (χ1) is 12.1. The minimum Gasteiger partial charge on any atom is -0.379 e. The van der Waals surface area contributed by atoms with E-state index >= 15 is 0 Å². The van der Waals surface area contributed by atoms with Crippen molar-refractivity contribution in [2.24, 2.45) is 0 Å². The van der Waals surface area contributed by atoms with Crippen LogP contribution in [0.4, 0.5) is 0 Å². The van der Waals surface area contributed by atoms with Gasteiger partial charge in [0.2, 0.25) is 5.91 Å². The van der Waals surface area contributed by atoms with Crippen molar-refractivity contribution in [1.29, 1.82) is 0 Å². The summed E-state index contributed by atoms with van der Waals surface area (Å²) in [6.45, 7) is 9.39. The second-order valence-corrected chi connectivity index (χ2v) is 7.69. The quantitative estimate of drug-likeness (QED) is 0.419. The lowest BCUT2D eigenvalue weighted by atomic mass is 10.0. The van der Waals surface area contributed by atoms with Gasteiger partial charge in [0.15, 0.2) is 0 Å². The van der Waals surface area contributed by atoms with Crippen LogP contribution >= 0.6 is 0 Å². The Balaban J connectivity index is 2.15. The zero-order valence-electron chi connectivity index (χ0n) is 16.6. The summed E-state index contributed by atoms with van der Waals surface area (Å²) >= 11 is 0. The molecule has 0 fully saturated rings. The number of hydrogen-bond donors (Lipinski definition) is 1. The Morgan fingerprint density at radius 3 is 2.27 bits per heavy atom. The number of amides is 3. The zero-order chi connectivity index (χ0) is 19.8. The first kappa shape index (κ1) is 22.3. The SMILES string of the molecule is COC(C)(C)CCOC(C)(C)CCCNC(=O)CCN1C(=O)C=CC1=O. The molecule has 1 rings (SSSR count). The van der Waals surface area contributed by atoms with E-state index in [1.54, 1.807) is 7.11 Å². The standard InChI is InChI=1S/C19H32N2O5/c1-18(2,25-5)11-14-26-19(3,4)10-6-12-20-15(22)9-13-21-16(23)7-8-17(21)24/h7-8H,6,9-14H2,1-5H3,(H,20,22). The summed E-state index contributed by atoms with van der Waals surface area (Å²) in [5, 5.41) is 2.81. The predicted octanol–water partition coefficient (Wildman–Crippen LogP) is 1.81. The molecule has 0 bridgehead atoms. The van der Waals surface area contributed by atoms with Crippen LogP contribution in [0.15, 0.2) is 12.2 Å². The molecule has 148 valence electrons. The molecule has 0 atom stereocenters. The van der Waals surface area contributed by atoms with Gasteiger partial charge in [0.05, 0.1) is 17.8 Å². The Morgan fingerprint density at radius 1 is 1.08 bits per heavy atom. The molecule has 0 saturated carbocycles. The van der Waals surface area contributed by atoms with Crippen molar-refractivity contribution < 1.29 is 23.9 Å². The van der Waals surface area contributed by atoms with Crippen molar-refractivity contribution in [3.05, 3.63) is 12.2 Å². The van der Waals surface area contributed by atoms with Crippen LogP contribution in [-0.4, -0.2) is 60.6 Å². The Labute approximate surface area is 156 Å². The molecule has 1 aliphatic rings. The first-order valence-corrected chi connectivity index (χ1v) is 9.06. The van der Waals surface area contributed by atoms with Crippen LogP contribution in [0.3, 0.4) is 0 Å². The molecule has 3 amide bonds. The van der Waals surface area contributed by atoms with Crippen molar-refractivity contribution in [2.75, 3.05) is 26.8 Å². The number of nitrogens with zero attached hydrogens (tertiary/aromatic N) is 1. The second-order valence-electron chi connectivity index (χ2n) is 7.69. The van der Waals surface area contributed by atoms with Crippen LogP contribution in [0.2, 0.25) is 0 Å². The van der Waals surface area contributed by atoms with Gasteiger partial charge in [-0.3, -0.25) is 19.3 Å². The number of rotatable bonds is 12. The summed E-state index contributed by atoms with van der Waals surface area (Å²) in [5.41, 5.74) is -0.466. The van der Waals surface area contributed by atoms with Gasteiger partial charge in [-0.25, -0.2) is 0 Å². The number of carbonyl (C=O) groups excluding carboxylic acids is 3. The number of methoxy groups -OCH3 is 1. The molecule has 0 aromatic rings. The largest absolute Gasteiger partial charge is 0.379 e. The molecule has 0 saturated heterocycles. The normalized spacial score (nSPS) is 15.0. The first-order valence-electron chi connectivity index (χ1n) is 9.06. The van der Waals surface area contributed by atoms with E-state index in [-0.39, 0.29) is 41.9 Å². The predicted molar refractivity (Wildman–Crippen MR) is 98.5 cm³/mol. The molecule has 0 radical (unpaired) electrons. The fourth-order valence-electron chi connectivity index (χ4n) is 2.44. The van der Waals surface area contributed by atoms with Crippen molar-refractivity contribution in [2.45, 2.75) is 64.6 Å². The van der Waals surface area contributed by atoms with Crippen LogP contribution < -0.4 is 5.32 Å². The topological polar surface area (TPSA) is 84.9 Å². The van der Waals surface area contributed by atoms with Gasteiger partial charge >= 0.3 is 0 Å². The van der Waals surface area contributed by atoms with Gasteiger partial charge < -0.3 is 14.8 Å². The molecule has 1 aliphatic heterocycles. The highest BCUT2D eigenvalue weighted by Crippen LogP contribution is 2.20. The minimum absolute atomic E-state index is 0.111. The Hall–Kier alpha value is -1.73. The number of ether oxygens (including phenoxy) is 2.